The molecule has 1 fully saturated rings. The number of hydrogen-bond acceptors (Lipinski definition) is 3. The van der Waals surface area contributed by atoms with Crippen molar-refractivity contribution < 1.29 is 9.90 Å². The summed E-state index contributed by atoms with van der Waals surface area (Å²) in [5.41, 5.74) is 1.48. The number of aliphatic hydroxyl groups is 1. The van der Waals surface area contributed by atoms with Crippen molar-refractivity contribution in [3.05, 3.63) is 53.3 Å². The average molecular weight is 285 g/mol. The molecule has 1 atom stereocenters. The number of carbonyl (C=O) groups excluding carboxylic acids is 1. The van der Waals surface area contributed by atoms with Crippen LogP contribution in [0.4, 0.5) is 0 Å². The Morgan fingerprint density at radius 2 is 2.00 bits per heavy atom. The summed E-state index contributed by atoms with van der Waals surface area (Å²) in [5, 5.41) is 14.9. The third-order valence-electron chi connectivity index (χ3n) is 4.06. The molecular weight excluding hydrogens is 266 g/mol. The van der Waals surface area contributed by atoms with E-state index in [0.717, 1.165) is 11.1 Å². The topological polar surface area (TPSA) is 58.4 Å². The SMILES string of the molecule is Cc1ccc(C2(O)CCN(C(=O)c3ccn(C)n3)C2)cc1. The highest BCUT2D eigenvalue weighted by Crippen LogP contribution is 2.32. The van der Waals surface area contributed by atoms with Crippen LogP contribution in [0, 0.1) is 6.92 Å². The Hall–Kier alpha value is -2.14. The number of benzene rings is 1. The molecule has 1 aliphatic heterocycles. The first-order valence-electron chi connectivity index (χ1n) is 7.06. The Morgan fingerprint density at radius 1 is 1.29 bits per heavy atom. The number of likely N-dealkylation sites (tertiary alicyclic amines) is 1. The molecule has 1 N–H and O–H groups in total. The molecule has 1 aliphatic rings. The van der Waals surface area contributed by atoms with E-state index in [0.29, 0.717) is 25.2 Å². The monoisotopic (exact) mass is 285 g/mol. The van der Waals surface area contributed by atoms with Crippen molar-refractivity contribution in [2.24, 2.45) is 7.05 Å². The molecule has 5 nitrogen and oxygen atoms in total. The number of β-amino-alcohol motifs (C(OH)–C–C–N with tert-alkyl or cyclic N) is 1. The van der Waals surface area contributed by atoms with Crippen LogP contribution in [-0.4, -0.2) is 38.8 Å². The van der Waals surface area contributed by atoms with E-state index < -0.39 is 5.60 Å². The maximum Gasteiger partial charge on any atom is 0.274 e. The molecule has 1 unspecified atom stereocenters. The highest BCUT2D eigenvalue weighted by molar-refractivity contribution is 5.92. The smallest absolute Gasteiger partial charge is 0.274 e. The third kappa shape index (κ3) is 2.56. The first kappa shape index (κ1) is 13.8. The van der Waals surface area contributed by atoms with Gasteiger partial charge in [-0.15, -0.1) is 0 Å². The lowest BCUT2D eigenvalue weighted by atomic mass is 9.92. The van der Waals surface area contributed by atoms with Gasteiger partial charge in [0.15, 0.2) is 0 Å². The summed E-state index contributed by atoms with van der Waals surface area (Å²) in [5.74, 6) is -0.126. The Morgan fingerprint density at radius 3 is 2.62 bits per heavy atom. The first-order valence-corrected chi connectivity index (χ1v) is 7.06. The van der Waals surface area contributed by atoms with Crippen LogP contribution in [0.2, 0.25) is 0 Å². The van der Waals surface area contributed by atoms with E-state index in [1.807, 2.05) is 31.2 Å². The van der Waals surface area contributed by atoms with Crippen LogP contribution in [0.1, 0.15) is 28.0 Å². The summed E-state index contributed by atoms with van der Waals surface area (Å²) in [7, 11) is 1.78. The predicted molar refractivity (Wildman–Crippen MR) is 78.8 cm³/mol. The zero-order valence-corrected chi connectivity index (χ0v) is 12.3. The third-order valence-corrected chi connectivity index (χ3v) is 4.06. The molecule has 2 aromatic rings. The molecule has 1 saturated heterocycles. The number of nitrogens with zero attached hydrogens (tertiary/aromatic N) is 3. The van der Waals surface area contributed by atoms with Crippen molar-refractivity contribution in [2.45, 2.75) is 18.9 Å². The van der Waals surface area contributed by atoms with Gasteiger partial charge in [0.25, 0.3) is 5.91 Å². The second-order valence-electron chi connectivity index (χ2n) is 5.75. The molecule has 1 aromatic heterocycles. The molecule has 0 radical (unpaired) electrons. The van der Waals surface area contributed by atoms with Gasteiger partial charge < -0.3 is 10.0 Å². The maximum atomic E-state index is 12.4. The van der Waals surface area contributed by atoms with Gasteiger partial charge in [0.05, 0.1) is 6.54 Å². The summed E-state index contributed by atoms with van der Waals surface area (Å²) < 4.78 is 1.61. The number of hydrogen-bond donors (Lipinski definition) is 1. The van der Waals surface area contributed by atoms with Gasteiger partial charge in [-0.3, -0.25) is 9.48 Å². The largest absolute Gasteiger partial charge is 0.383 e. The lowest BCUT2D eigenvalue weighted by Crippen LogP contribution is -2.34. The van der Waals surface area contributed by atoms with Crippen LogP contribution in [-0.2, 0) is 12.6 Å². The number of aryl methyl sites for hydroxylation is 2. The number of carbonyl (C=O) groups is 1. The average Bonchev–Trinajstić information content (AvgIpc) is 3.06. The lowest BCUT2D eigenvalue weighted by Gasteiger charge is -2.23. The van der Waals surface area contributed by atoms with E-state index in [1.165, 1.54) is 0 Å². The number of rotatable bonds is 2. The van der Waals surface area contributed by atoms with Gasteiger partial charge in [-0.05, 0) is 25.0 Å². The van der Waals surface area contributed by atoms with Crippen LogP contribution in [0.15, 0.2) is 36.5 Å². The van der Waals surface area contributed by atoms with Crippen LogP contribution >= 0.6 is 0 Å². The molecule has 1 aromatic carbocycles. The van der Waals surface area contributed by atoms with Crippen molar-refractivity contribution in [3.63, 3.8) is 0 Å². The number of aromatic nitrogens is 2. The van der Waals surface area contributed by atoms with E-state index in [2.05, 4.69) is 5.10 Å². The lowest BCUT2D eigenvalue weighted by molar-refractivity contribution is 0.0415. The predicted octanol–water partition coefficient (Wildman–Crippen LogP) is 1.46. The van der Waals surface area contributed by atoms with Crippen molar-refractivity contribution in [1.29, 1.82) is 0 Å². The Kier molecular flexibility index (Phi) is 3.29. The summed E-state index contributed by atoms with van der Waals surface area (Å²) in [4.78, 5) is 14.0. The van der Waals surface area contributed by atoms with E-state index in [4.69, 9.17) is 0 Å². The zero-order valence-electron chi connectivity index (χ0n) is 12.3. The second-order valence-corrected chi connectivity index (χ2v) is 5.75. The van der Waals surface area contributed by atoms with Gasteiger partial charge in [-0.2, -0.15) is 5.10 Å². The molecule has 5 heteroatoms. The summed E-state index contributed by atoms with van der Waals surface area (Å²) >= 11 is 0. The van der Waals surface area contributed by atoms with E-state index >= 15 is 0 Å². The molecule has 110 valence electrons. The number of amides is 1. The van der Waals surface area contributed by atoms with Crippen molar-refractivity contribution in [1.82, 2.24) is 14.7 Å². The summed E-state index contributed by atoms with van der Waals surface area (Å²) in [6.45, 7) is 2.87. The standard InChI is InChI=1S/C16H19N3O2/c1-12-3-5-13(6-4-12)16(21)8-10-19(11-16)15(20)14-7-9-18(2)17-14/h3-7,9,21H,8,10-11H2,1-2H3. The van der Waals surface area contributed by atoms with Crippen molar-refractivity contribution in [3.8, 4) is 0 Å². The van der Waals surface area contributed by atoms with Crippen LogP contribution in [0.25, 0.3) is 0 Å². The van der Waals surface area contributed by atoms with Gasteiger partial charge in [-0.1, -0.05) is 29.8 Å². The summed E-state index contributed by atoms with van der Waals surface area (Å²) in [6, 6.07) is 9.53. The van der Waals surface area contributed by atoms with Gasteiger partial charge in [0, 0.05) is 19.8 Å². The fourth-order valence-electron chi connectivity index (χ4n) is 2.76. The van der Waals surface area contributed by atoms with Crippen molar-refractivity contribution in [2.75, 3.05) is 13.1 Å². The Labute approximate surface area is 123 Å². The fraction of sp³-hybridized carbons (Fsp3) is 0.375. The zero-order chi connectivity index (χ0) is 15.0. The molecule has 0 aliphatic carbocycles. The quantitative estimate of drug-likeness (QED) is 0.909. The summed E-state index contributed by atoms with van der Waals surface area (Å²) in [6.07, 6.45) is 2.30. The van der Waals surface area contributed by atoms with Crippen molar-refractivity contribution >= 4 is 5.91 Å². The van der Waals surface area contributed by atoms with E-state index in [9.17, 15) is 9.90 Å². The van der Waals surface area contributed by atoms with Crippen LogP contribution < -0.4 is 0 Å². The molecule has 2 heterocycles. The maximum absolute atomic E-state index is 12.4. The minimum atomic E-state index is -0.960. The van der Waals surface area contributed by atoms with E-state index in [-0.39, 0.29) is 5.91 Å². The van der Waals surface area contributed by atoms with Gasteiger partial charge in [-0.25, -0.2) is 0 Å². The molecule has 3 rings (SSSR count). The first-order chi connectivity index (χ1) is 9.98. The molecule has 0 bridgehead atoms. The highest BCUT2D eigenvalue weighted by atomic mass is 16.3. The Bertz CT molecular complexity index is 662. The highest BCUT2D eigenvalue weighted by Gasteiger charge is 2.40. The molecule has 0 spiro atoms. The molecule has 0 saturated carbocycles. The minimum Gasteiger partial charge on any atom is -0.383 e. The Balaban J connectivity index is 1.78. The molecular formula is C16H19N3O2. The van der Waals surface area contributed by atoms with E-state index in [1.54, 1.807) is 28.9 Å². The van der Waals surface area contributed by atoms with Crippen LogP contribution in [0.3, 0.4) is 0 Å². The van der Waals surface area contributed by atoms with Gasteiger partial charge >= 0.3 is 0 Å². The normalized spacial score (nSPS) is 21.8. The molecule has 1 amide bonds. The second kappa shape index (κ2) is 5.00. The van der Waals surface area contributed by atoms with Gasteiger partial charge in [0.2, 0.25) is 0 Å². The minimum absolute atomic E-state index is 0.126. The molecule has 21 heavy (non-hydrogen) atoms. The fourth-order valence-corrected chi connectivity index (χ4v) is 2.76. The van der Waals surface area contributed by atoms with Gasteiger partial charge in [0.1, 0.15) is 11.3 Å². The van der Waals surface area contributed by atoms with Crippen LogP contribution in [0.5, 0.6) is 0 Å².